The summed E-state index contributed by atoms with van der Waals surface area (Å²) >= 11 is 0. The third-order valence-corrected chi connectivity index (χ3v) is 12.0. The minimum atomic E-state index is -4.13. The van der Waals surface area contributed by atoms with Crippen molar-refractivity contribution in [2.24, 2.45) is 5.92 Å². The summed E-state index contributed by atoms with van der Waals surface area (Å²) in [6, 6.07) is 8.31. The molecule has 0 radical (unpaired) electrons. The number of hydrogen-bond donors (Lipinski definition) is 2. The molecule has 0 aliphatic carbocycles. The molecule has 1 amide bonds. The molecular formula is C33H45FN4O9S2. The lowest BCUT2D eigenvalue weighted by atomic mass is 10.0. The standard InChI is InChI=1S/C33H45FN4O9S2/c1-21-18-38(22(2)20-39)33(40)29-17-27(36-48(41,42)32-24(4)35-47-25(32)5)12-15-30(29)46-23(3)9-7-8-16-45-31(21)19-37(6)49(43,44)28-13-10-26(34)11-14-28/h10-15,17,21-23,31,36,39H,7-9,16,18-20H2,1-6H3/t21-,22+,23+,31+/m0/s1. The Morgan fingerprint density at radius 1 is 1.10 bits per heavy atom. The molecule has 2 heterocycles. The fourth-order valence-corrected chi connectivity index (χ4v) is 8.22. The highest BCUT2D eigenvalue weighted by Gasteiger charge is 2.33. The third kappa shape index (κ3) is 9.16. The van der Waals surface area contributed by atoms with Crippen LogP contribution in [0.25, 0.3) is 0 Å². The van der Waals surface area contributed by atoms with Crippen LogP contribution < -0.4 is 9.46 Å². The highest BCUT2D eigenvalue weighted by Crippen LogP contribution is 2.30. The summed E-state index contributed by atoms with van der Waals surface area (Å²) in [6.07, 6.45) is 1.03. The molecule has 0 fully saturated rings. The quantitative estimate of drug-likeness (QED) is 0.324. The first kappa shape index (κ1) is 38.2. The topological polar surface area (TPSA) is 169 Å². The first-order chi connectivity index (χ1) is 23.0. The summed E-state index contributed by atoms with van der Waals surface area (Å²) < 4.78 is 88.0. The SMILES string of the molecule is Cc1noc(C)c1S(=O)(=O)Nc1ccc2c(c1)C(=O)N([C@H](C)CO)C[C@H](C)[C@@H](CN(C)S(=O)(=O)c1ccc(F)cc1)OCCCC[C@@H](C)O2. The van der Waals surface area contributed by atoms with Crippen LogP contribution in [0.3, 0.4) is 0 Å². The van der Waals surface area contributed by atoms with Gasteiger partial charge >= 0.3 is 0 Å². The Morgan fingerprint density at radius 3 is 2.43 bits per heavy atom. The number of carbonyl (C=O) groups excluding carboxylic acids is 1. The summed E-state index contributed by atoms with van der Waals surface area (Å²) in [6.45, 7) is 8.31. The lowest BCUT2D eigenvalue weighted by molar-refractivity contribution is -0.00834. The molecule has 0 spiro atoms. The number of sulfonamides is 2. The van der Waals surface area contributed by atoms with E-state index in [2.05, 4.69) is 9.88 Å². The van der Waals surface area contributed by atoms with Crippen molar-refractivity contribution < 1.29 is 45.1 Å². The summed E-state index contributed by atoms with van der Waals surface area (Å²) in [5, 5.41) is 13.9. The van der Waals surface area contributed by atoms with Crippen LogP contribution in [-0.4, -0.2) is 93.8 Å². The van der Waals surface area contributed by atoms with E-state index < -0.39 is 49.8 Å². The molecule has 4 rings (SSSR count). The first-order valence-corrected chi connectivity index (χ1v) is 19.0. The Morgan fingerprint density at radius 2 is 1.80 bits per heavy atom. The van der Waals surface area contributed by atoms with Gasteiger partial charge in [0.15, 0.2) is 10.7 Å². The molecule has 2 N–H and O–H groups in total. The third-order valence-electron chi connectivity index (χ3n) is 8.50. The number of aryl methyl sites for hydroxylation is 2. The molecule has 0 saturated heterocycles. The van der Waals surface area contributed by atoms with Gasteiger partial charge in [0.1, 0.15) is 17.3 Å². The average molecular weight is 725 g/mol. The van der Waals surface area contributed by atoms with Crippen LogP contribution in [0, 0.1) is 25.6 Å². The van der Waals surface area contributed by atoms with E-state index in [9.17, 15) is 31.1 Å². The number of amides is 1. The van der Waals surface area contributed by atoms with Crippen LogP contribution in [0.2, 0.25) is 0 Å². The summed E-state index contributed by atoms with van der Waals surface area (Å²) in [7, 11) is -6.71. The zero-order valence-electron chi connectivity index (χ0n) is 28.5. The van der Waals surface area contributed by atoms with Crippen molar-refractivity contribution in [3.8, 4) is 5.75 Å². The smallest absolute Gasteiger partial charge is 0.267 e. The van der Waals surface area contributed by atoms with Crippen LogP contribution in [0.1, 0.15) is 61.8 Å². The minimum Gasteiger partial charge on any atom is -0.490 e. The highest BCUT2D eigenvalue weighted by molar-refractivity contribution is 7.92. The number of hydrogen-bond acceptors (Lipinski definition) is 10. The van der Waals surface area contributed by atoms with Gasteiger partial charge in [-0.15, -0.1) is 0 Å². The Hall–Kier alpha value is -3.57. The van der Waals surface area contributed by atoms with Gasteiger partial charge in [0.05, 0.1) is 35.3 Å². The van der Waals surface area contributed by atoms with Crippen LogP contribution in [0.5, 0.6) is 5.75 Å². The van der Waals surface area contributed by atoms with Crippen molar-refractivity contribution >= 4 is 31.6 Å². The molecule has 270 valence electrons. The van der Waals surface area contributed by atoms with E-state index in [0.717, 1.165) is 22.9 Å². The maximum absolute atomic E-state index is 14.4. The molecule has 49 heavy (non-hydrogen) atoms. The maximum atomic E-state index is 14.4. The molecule has 13 nitrogen and oxygen atoms in total. The number of aliphatic hydroxyl groups is 1. The molecule has 1 aliphatic rings. The summed E-state index contributed by atoms with van der Waals surface area (Å²) in [5.74, 6) is -1.16. The zero-order valence-corrected chi connectivity index (χ0v) is 30.2. The fourth-order valence-electron chi connectivity index (χ4n) is 5.65. The van der Waals surface area contributed by atoms with Crippen molar-refractivity contribution in [3.05, 3.63) is 65.3 Å². The van der Waals surface area contributed by atoms with Crippen LogP contribution in [0.4, 0.5) is 10.1 Å². The second-order valence-electron chi connectivity index (χ2n) is 12.5. The molecule has 2 aromatic carbocycles. The van der Waals surface area contributed by atoms with Crippen molar-refractivity contribution in [3.63, 3.8) is 0 Å². The van der Waals surface area contributed by atoms with E-state index in [1.165, 1.54) is 56.1 Å². The van der Waals surface area contributed by atoms with Crippen LogP contribution >= 0.6 is 0 Å². The minimum absolute atomic E-state index is 0.0552. The molecule has 1 aromatic heterocycles. The normalized spacial score (nSPS) is 20.7. The zero-order chi connectivity index (χ0) is 36.1. The second kappa shape index (κ2) is 16.0. The lowest BCUT2D eigenvalue weighted by Gasteiger charge is -2.35. The highest BCUT2D eigenvalue weighted by atomic mass is 32.2. The number of aliphatic hydroxyl groups excluding tert-OH is 1. The van der Waals surface area contributed by atoms with E-state index in [4.69, 9.17) is 14.0 Å². The fraction of sp³-hybridized carbons (Fsp3) is 0.515. The predicted molar refractivity (Wildman–Crippen MR) is 180 cm³/mol. The maximum Gasteiger partial charge on any atom is 0.267 e. The number of benzene rings is 2. The number of ether oxygens (including phenoxy) is 2. The lowest BCUT2D eigenvalue weighted by Crippen LogP contribution is -2.48. The number of likely N-dealkylation sites (N-methyl/N-ethyl adjacent to an activating group) is 1. The van der Waals surface area contributed by atoms with Gasteiger partial charge in [0.2, 0.25) is 10.0 Å². The Labute approximate surface area is 287 Å². The van der Waals surface area contributed by atoms with Crippen molar-refractivity contribution in [1.29, 1.82) is 0 Å². The average Bonchev–Trinajstić information content (AvgIpc) is 3.40. The summed E-state index contributed by atoms with van der Waals surface area (Å²) in [5.41, 5.74) is 0.355. The first-order valence-electron chi connectivity index (χ1n) is 16.1. The van der Waals surface area contributed by atoms with Crippen LogP contribution in [0.15, 0.2) is 56.8 Å². The number of halogens is 1. The van der Waals surface area contributed by atoms with Crippen molar-refractivity contribution in [1.82, 2.24) is 14.4 Å². The number of nitrogens with zero attached hydrogens (tertiary/aromatic N) is 3. The number of aromatic nitrogens is 1. The number of fused-ring (bicyclic) bond motifs is 1. The van der Waals surface area contributed by atoms with Gasteiger partial charge < -0.3 is 24.0 Å². The molecule has 4 atom stereocenters. The summed E-state index contributed by atoms with van der Waals surface area (Å²) in [4.78, 5) is 15.6. The monoisotopic (exact) mass is 724 g/mol. The van der Waals surface area contributed by atoms with Gasteiger partial charge in [-0.05, 0) is 89.4 Å². The molecular weight excluding hydrogens is 680 g/mol. The molecule has 0 unspecified atom stereocenters. The molecule has 0 bridgehead atoms. The van der Waals surface area contributed by atoms with E-state index in [1.807, 2.05) is 13.8 Å². The van der Waals surface area contributed by atoms with Gasteiger partial charge in [0.25, 0.3) is 15.9 Å². The van der Waals surface area contributed by atoms with Gasteiger partial charge in [-0.1, -0.05) is 12.1 Å². The van der Waals surface area contributed by atoms with Crippen molar-refractivity contribution in [2.45, 2.75) is 81.9 Å². The van der Waals surface area contributed by atoms with Gasteiger partial charge in [-0.25, -0.2) is 21.2 Å². The molecule has 16 heteroatoms. The largest absolute Gasteiger partial charge is 0.490 e. The number of anilines is 1. The van der Waals surface area contributed by atoms with Crippen molar-refractivity contribution in [2.75, 3.05) is 38.1 Å². The van der Waals surface area contributed by atoms with Crippen LogP contribution in [-0.2, 0) is 24.8 Å². The predicted octanol–water partition coefficient (Wildman–Crippen LogP) is 4.35. The molecule has 0 saturated carbocycles. The Kier molecular flexibility index (Phi) is 12.5. The number of carbonyl (C=O) groups is 1. The Bertz CT molecular complexity index is 1800. The van der Waals surface area contributed by atoms with Gasteiger partial charge in [-0.2, -0.15) is 4.31 Å². The van der Waals surface area contributed by atoms with E-state index in [0.29, 0.717) is 19.4 Å². The van der Waals surface area contributed by atoms with E-state index in [1.54, 1.807) is 6.92 Å². The number of nitrogens with one attached hydrogen (secondary N) is 1. The second-order valence-corrected chi connectivity index (χ2v) is 16.2. The van der Waals surface area contributed by atoms with E-state index >= 15 is 0 Å². The molecule has 3 aromatic rings. The van der Waals surface area contributed by atoms with Gasteiger partial charge in [0, 0.05) is 38.3 Å². The van der Waals surface area contributed by atoms with E-state index in [-0.39, 0.29) is 64.0 Å². The number of rotatable bonds is 9. The molecule has 1 aliphatic heterocycles. The Balaban J connectivity index is 1.69. The van der Waals surface area contributed by atoms with Gasteiger partial charge in [-0.3, -0.25) is 9.52 Å².